The Morgan fingerprint density at radius 3 is 2.47 bits per heavy atom. The zero-order chi connectivity index (χ0) is 12.9. The van der Waals surface area contributed by atoms with Crippen LogP contribution in [0.25, 0.3) is 0 Å². The highest BCUT2D eigenvalue weighted by Gasteiger charge is 2.22. The van der Waals surface area contributed by atoms with Gasteiger partial charge in [-0.1, -0.05) is 0 Å². The van der Waals surface area contributed by atoms with Crippen LogP contribution in [-0.4, -0.2) is 61.7 Å². The van der Waals surface area contributed by atoms with Gasteiger partial charge in [-0.2, -0.15) is 0 Å². The Balaban J connectivity index is 2.01. The molecule has 0 saturated carbocycles. The molecule has 102 valence electrons. The molecule has 3 heteroatoms. The number of nitrogens with one attached hydrogen (secondary N) is 1. The maximum absolute atomic E-state index is 3.55. The number of unbranched alkanes of at least 4 members (excludes halogenated alkanes) is 1. The molecule has 1 atom stereocenters. The fourth-order valence-corrected chi connectivity index (χ4v) is 2.36. The third-order valence-corrected chi connectivity index (χ3v) is 3.53. The molecule has 1 rings (SSSR count). The topological polar surface area (TPSA) is 18.5 Å². The Morgan fingerprint density at radius 1 is 1.24 bits per heavy atom. The molecule has 1 fully saturated rings. The number of likely N-dealkylation sites (N-methyl/N-ethyl adjacent to an activating group) is 1. The van der Waals surface area contributed by atoms with Gasteiger partial charge in [0.1, 0.15) is 0 Å². The summed E-state index contributed by atoms with van der Waals surface area (Å²) in [5.41, 5.74) is 0.268. The van der Waals surface area contributed by atoms with Crippen molar-refractivity contribution < 1.29 is 0 Å². The van der Waals surface area contributed by atoms with Crippen LogP contribution >= 0.6 is 0 Å². The van der Waals surface area contributed by atoms with E-state index in [4.69, 9.17) is 0 Å². The summed E-state index contributed by atoms with van der Waals surface area (Å²) in [4.78, 5) is 4.98. The molecule has 17 heavy (non-hydrogen) atoms. The first kappa shape index (κ1) is 14.9. The van der Waals surface area contributed by atoms with Crippen molar-refractivity contribution in [3.8, 4) is 0 Å². The highest BCUT2D eigenvalue weighted by Crippen LogP contribution is 2.13. The van der Waals surface area contributed by atoms with Gasteiger partial charge in [0.25, 0.3) is 0 Å². The van der Waals surface area contributed by atoms with E-state index in [0.29, 0.717) is 0 Å². The third-order valence-electron chi connectivity index (χ3n) is 3.53. The minimum Gasteiger partial charge on any atom is -0.312 e. The highest BCUT2D eigenvalue weighted by atomic mass is 15.2. The molecule has 0 amide bonds. The third kappa shape index (κ3) is 6.39. The van der Waals surface area contributed by atoms with Gasteiger partial charge in [0.15, 0.2) is 0 Å². The lowest BCUT2D eigenvalue weighted by molar-refractivity contribution is 0.265. The van der Waals surface area contributed by atoms with E-state index in [1.165, 1.54) is 38.9 Å². The summed E-state index contributed by atoms with van der Waals surface area (Å²) in [6, 6.07) is 0.780. The standard InChI is InChI=1S/C14H31N3/c1-14(2,3)15-9-6-7-10-17-11-8-13(12-17)16(4)5/h13,15H,6-12H2,1-5H3. The predicted molar refractivity (Wildman–Crippen MR) is 75.5 cm³/mol. The van der Waals surface area contributed by atoms with Crippen molar-refractivity contribution in [3.63, 3.8) is 0 Å². The fraction of sp³-hybridized carbons (Fsp3) is 1.00. The lowest BCUT2D eigenvalue weighted by atomic mass is 10.1. The molecule has 0 aromatic carbocycles. The zero-order valence-corrected chi connectivity index (χ0v) is 12.4. The zero-order valence-electron chi connectivity index (χ0n) is 12.4. The van der Waals surface area contributed by atoms with Crippen LogP contribution in [0.3, 0.4) is 0 Å². The molecule has 0 bridgehead atoms. The SMILES string of the molecule is CN(C)C1CCN(CCCCNC(C)(C)C)C1. The second-order valence-electron chi connectivity index (χ2n) is 6.59. The first-order valence-corrected chi connectivity index (χ1v) is 7.02. The second kappa shape index (κ2) is 6.72. The van der Waals surface area contributed by atoms with Crippen LogP contribution in [-0.2, 0) is 0 Å². The Bertz CT molecular complexity index is 208. The van der Waals surface area contributed by atoms with Gasteiger partial charge in [-0.05, 0) is 73.8 Å². The van der Waals surface area contributed by atoms with Crippen molar-refractivity contribution in [3.05, 3.63) is 0 Å². The summed E-state index contributed by atoms with van der Waals surface area (Å²) in [5, 5.41) is 3.55. The smallest absolute Gasteiger partial charge is 0.0229 e. The molecular weight excluding hydrogens is 210 g/mol. The van der Waals surface area contributed by atoms with Crippen LogP contribution in [0.1, 0.15) is 40.0 Å². The minimum absolute atomic E-state index is 0.268. The van der Waals surface area contributed by atoms with Crippen LogP contribution in [0.15, 0.2) is 0 Å². The Kier molecular flexibility index (Phi) is 5.90. The van der Waals surface area contributed by atoms with Gasteiger partial charge in [0.2, 0.25) is 0 Å². The number of nitrogens with zero attached hydrogens (tertiary/aromatic N) is 2. The second-order valence-corrected chi connectivity index (χ2v) is 6.59. The summed E-state index contributed by atoms with van der Waals surface area (Å²) in [5.74, 6) is 0. The summed E-state index contributed by atoms with van der Waals surface area (Å²) in [6.07, 6.45) is 3.96. The molecule has 0 spiro atoms. The van der Waals surface area contributed by atoms with E-state index in [1.807, 2.05) is 0 Å². The first-order valence-electron chi connectivity index (χ1n) is 7.02. The van der Waals surface area contributed by atoms with E-state index < -0.39 is 0 Å². The van der Waals surface area contributed by atoms with Crippen molar-refractivity contribution in [1.29, 1.82) is 0 Å². The summed E-state index contributed by atoms with van der Waals surface area (Å²) < 4.78 is 0. The van der Waals surface area contributed by atoms with E-state index in [2.05, 4.69) is 50.0 Å². The molecule has 1 unspecified atom stereocenters. The van der Waals surface area contributed by atoms with Gasteiger partial charge in [-0.25, -0.2) is 0 Å². The monoisotopic (exact) mass is 241 g/mol. The summed E-state index contributed by atoms with van der Waals surface area (Å²) in [7, 11) is 4.39. The van der Waals surface area contributed by atoms with Gasteiger partial charge in [0.05, 0.1) is 0 Å². The van der Waals surface area contributed by atoms with Crippen LogP contribution < -0.4 is 5.32 Å². The van der Waals surface area contributed by atoms with Crippen LogP contribution in [0.2, 0.25) is 0 Å². The maximum atomic E-state index is 3.55. The number of hydrogen-bond acceptors (Lipinski definition) is 3. The van der Waals surface area contributed by atoms with Gasteiger partial charge < -0.3 is 15.1 Å². The van der Waals surface area contributed by atoms with Gasteiger partial charge in [0, 0.05) is 18.1 Å². The fourth-order valence-electron chi connectivity index (χ4n) is 2.36. The van der Waals surface area contributed by atoms with Gasteiger partial charge in [-0.3, -0.25) is 0 Å². The Hall–Kier alpha value is -0.120. The average Bonchev–Trinajstić information content (AvgIpc) is 2.64. The van der Waals surface area contributed by atoms with E-state index in [9.17, 15) is 0 Å². The first-order chi connectivity index (χ1) is 7.88. The quantitative estimate of drug-likeness (QED) is 0.715. The molecule has 1 aliphatic rings. The molecule has 3 nitrogen and oxygen atoms in total. The molecule has 1 aliphatic heterocycles. The van der Waals surface area contributed by atoms with Crippen LogP contribution in [0.5, 0.6) is 0 Å². The lowest BCUT2D eigenvalue weighted by Crippen LogP contribution is -2.36. The molecule has 1 N–H and O–H groups in total. The van der Waals surface area contributed by atoms with Crippen molar-refractivity contribution in [2.24, 2.45) is 0 Å². The van der Waals surface area contributed by atoms with Crippen molar-refractivity contribution in [2.45, 2.75) is 51.6 Å². The van der Waals surface area contributed by atoms with E-state index in [0.717, 1.165) is 12.6 Å². The Labute approximate surface area is 108 Å². The van der Waals surface area contributed by atoms with Crippen molar-refractivity contribution in [2.75, 3.05) is 40.3 Å². The average molecular weight is 241 g/mol. The summed E-state index contributed by atoms with van der Waals surface area (Å²) in [6.45, 7) is 11.7. The number of likely N-dealkylation sites (tertiary alicyclic amines) is 1. The summed E-state index contributed by atoms with van der Waals surface area (Å²) >= 11 is 0. The molecule has 0 aromatic rings. The maximum Gasteiger partial charge on any atom is 0.0229 e. The van der Waals surface area contributed by atoms with Gasteiger partial charge in [-0.15, -0.1) is 0 Å². The highest BCUT2D eigenvalue weighted by molar-refractivity contribution is 4.80. The molecule has 0 aromatic heterocycles. The number of rotatable bonds is 6. The lowest BCUT2D eigenvalue weighted by Gasteiger charge is -2.22. The molecule has 1 heterocycles. The minimum atomic E-state index is 0.268. The normalized spacial score (nSPS) is 22.6. The van der Waals surface area contributed by atoms with Gasteiger partial charge >= 0.3 is 0 Å². The van der Waals surface area contributed by atoms with Crippen LogP contribution in [0, 0.1) is 0 Å². The van der Waals surface area contributed by atoms with E-state index in [-0.39, 0.29) is 5.54 Å². The largest absolute Gasteiger partial charge is 0.312 e. The number of hydrogen-bond donors (Lipinski definition) is 1. The Morgan fingerprint density at radius 2 is 1.94 bits per heavy atom. The van der Waals surface area contributed by atoms with E-state index >= 15 is 0 Å². The van der Waals surface area contributed by atoms with Crippen LogP contribution in [0.4, 0.5) is 0 Å². The van der Waals surface area contributed by atoms with Crippen molar-refractivity contribution >= 4 is 0 Å². The molecular formula is C14H31N3. The molecule has 0 aliphatic carbocycles. The molecule has 0 radical (unpaired) electrons. The predicted octanol–water partition coefficient (Wildman–Crippen LogP) is 1.79. The molecule has 1 saturated heterocycles. The van der Waals surface area contributed by atoms with E-state index in [1.54, 1.807) is 0 Å². The van der Waals surface area contributed by atoms with Crippen molar-refractivity contribution in [1.82, 2.24) is 15.1 Å².